The van der Waals surface area contributed by atoms with E-state index in [-0.39, 0.29) is 5.56 Å². The minimum Gasteiger partial charge on any atom is -0.497 e. The average molecular weight is 430 g/mol. The number of hydrogen-bond acceptors (Lipinski definition) is 6. The number of benzene rings is 2. The Morgan fingerprint density at radius 3 is 2.71 bits per heavy atom. The summed E-state index contributed by atoms with van der Waals surface area (Å²) in [7, 11) is 1.56. The first-order chi connectivity index (χ1) is 14.9. The first-order valence-corrected chi connectivity index (χ1v) is 8.86. The van der Waals surface area contributed by atoms with E-state index in [1.807, 2.05) is 12.1 Å². The highest BCUT2D eigenvalue weighted by Crippen LogP contribution is 2.31. The molecule has 2 aromatic heterocycles. The molecule has 0 atom stereocenters. The van der Waals surface area contributed by atoms with Crippen molar-refractivity contribution in [3.05, 3.63) is 71.9 Å². The van der Waals surface area contributed by atoms with Gasteiger partial charge in [-0.15, -0.1) is 0 Å². The van der Waals surface area contributed by atoms with Crippen molar-refractivity contribution in [1.29, 1.82) is 0 Å². The molecule has 31 heavy (non-hydrogen) atoms. The largest absolute Gasteiger partial charge is 0.497 e. The summed E-state index contributed by atoms with van der Waals surface area (Å²) < 4.78 is 58.5. The van der Waals surface area contributed by atoms with E-state index in [0.717, 1.165) is 17.8 Å². The Labute approximate surface area is 173 Å². The molecular weight excluding hydrogens is 416 g/mol. The zero-order chi connectivity index (χ0) is 22.0. The molecule has 0 amide bonds. The monoisotopic (exact) mass is 430 g/mol. The standard InChI is InChI=1S/C20H14F4N6O/c1-31-14-4-2-3-13(8-14)30-19-15(10-28-30)18(25-11-26-19)29-27-9-12-5-6-16(17(21)7-12)20(22,23)24/h2-11H,1H3,(H,25,26,29)/b27-9+. The van der Waals surface area contributed by atoms with Gasteiger partial charge >= 0.3 is 6.18 Å². The molecule has 11 heteroatoms. The number of rotatable bonds is 5. The summed E-state index contributed by atoms with van der Waals surface area (Å²) in [6.07, 6.45) is -0.710. The van der Waals surface area contributed by atoms with Gasteiger partial charge in [-0.05, 0) is 29.8 Å². The molecule has 0 spiro atoms. The highest BCUT2D eigenvalue weighted by molar-refractivity contribution is 5.88. The molecule has 0 fully saturated rings. The van der Waals surface area contributed by atoms with Gasteiger partial charge in [0.1, 0.15) is 17.9 Å². The van der Waals surface area contributed by atoms with E-state index in [9.17, 15) is 17.6 Å². The van der Waals surface area contributed by atoms with Crippen molar-refractivity contribution >= 4 is 23.1 Å². The fraction of sp³-hybridized carbons (Fsp3) is 0.100. The van der Waals surface area contributed by atoms with Crippen LogP contribution in [-0.2, 0) is 6.18 Å². The van der Waals surface area contributed by atoms with E-state index in [1.54, 1.807) is 30.1 Å². The number of ether oxygens (including phenoxy) is 1. The minimum atomic E-state index is -4.76. The van der Waals surface area contributed by atoms with E-state index in [1.165, 1.54) is 12.5 Å². The van der Waals surface area contributed by atoms with Gasteiger partial charge in [0, 0.05) is 6.07 Å². The SMILES string of the molecule is COc1cccc(-n2ncc3c(N/N=C/c4ccc(C(F)(F)F)c(F)c4)ncnc32)c1. The fourth-order valence-corrected chi connectivity index (χ4v) is 2.87. The number of aromatic nitrogens is 4. The number of halogens is 4. The van der Waals surface area contributed by atoms with Crippen LogP contribution in [0.25, 0.3) is 16.7 Å². The van der Waals surface area contributed by atoms with E-state index in [4.69, 9.17) is 4.74 Å². The molecule has 7 nitrogen and oxygen atoms in total. The van der Waals surface area contributed by atoms with Crippen LogP contribution in [0.2, 0.25) is 0 Å². The summed E-state index contributed by atoms with van der Waals surface area (Å²) in [5, 5.41) is 8.81. The lowest BCUT2D eigenvalue weighted by Crippen LogP contribution is -2.08. The zero-order valence-corrected chi connectivity index (χ0v) is 15.9. The van der Waals surface area contributed by atoms with Gasteiger partial charge in [-0.2, -0.15) is 23.4 Å². The van der Waals surface area contributed by atoms with Crippen molar-refractivity contribution in [3.63, 3.8) is 0 Å². The van der Waals surface area contributed by atoms with Crippen molar-refractivity contribution in [3.8, 4) is 11.4 Å². The Balaban J connectivity index is 1.58. The summed E-state index contributed by atoms with van der Waals surface area (Å²) in [4.78, 5) is 8.35. The first kappa shape index (κ1) is 20.3. The van der Waals surface area contributed by atoms with Crippen LogP contribution in [0.4, 0.5) is 23.4 Å². The number of anilines is 1. The number of fused-ring (bicyclic) bond motifs is 1. The molecule has 0 saturated heterocycles. The van der Waals surface area contributed by atoms with Crippen molar-refractivity contribution < 1.29 is 22.3 Å². The second-order valence-electron chi connectivity index (χ2n) is 6.32. The number of methoxy groups -OCH3 is 1. The van der Waals surface area contributed by atoms with Gasteiger partial charge in [-0.3, -0.25) is 5.43 Å². The Kier molecular flexibility index (Phi) is 5.24. The van der Waals surface area contributed by atoms with Crippen LogP contribution >= 0.6 is 0 Å². The molecule has 4 rings (SSSR count). The maximum Gasteiger partial charge on any atom is 0.419 e. The zero-order valence-electron chi connectivity index (χ0n) is 15.9. The number of hydrogen-bond donors (Lipinski definition) is 1. The summed E-state index contributed by atoms with van der Waals surface area (Å²) >= 11 is 0. The van der Waals surface area contributed by atoms with Crippen LogP contribution in [-0.4, -0.2) is 33.1 Å². The van der Waals surface area contributed by atoms with Crippen LogP contribution < -0.4 is 10.2 Å². The summed E-state index contributed by atoms with van der Waals surface area (Å²) in [5.41, 5.74) is 2.72. The predicted octanol–water partition coefficient (Wildman–Crippen LogP) is 4.43. The Bertz CT molecular complexity index is 1270. The third-order valence-corrected chi connectivity index (χ3v) is 4.35. The van der Waals surface area contributed by atoms with Crippen molar-refractivity contribution in [2.24, 2.45) is 5.10 Å². The lowest BCUT2D eigenvalue weighted by Gasteiger charge is -2.07. The molecule has 0 aliphatic carbocycles. The van der Waals surface area contributed by atoms with Gasteiger partial charge in [0.25, 0.3) is 0 Å². The Hall–Kier alpha value is -4.02. The Morgan fingerprint density at radius 2 is 1.97 bits per heavy atom. The highest BCUT2D eigenvalue weighted by atomic mass is 19.4. The van der Waals surface area contributed by atoms with Crippen LogP contribution in [0.3, 0.4) is 0 Å². The van der Waals surface area contributed by atoms with Gasteiger partial charge in [-0.25, -0.2) is 19.0 Å². The van der Waals surface area contributed by atoms with E-state index in [2.05, 4.69) is 25.6 Å². The molecule has 0 bridgehead atoms. The van der Waals surface area contributed by atoms with Crippen LogP contribution in [0.1, 0.15) is 11.1 Å². The average Bonchev–Trinajstić information content (AvgIpc) is 3.18. The minimum absolute atomic E-state index is 0.148. The van der Waals surface area contributed by atoms with Crippen molar-refractivity contribution in [1.82, 2.24) is 19.7 Å². The number of nitrogens with one attached hydrogen (secondary N) is 1. The van der Waals surface area contributed by atoms with E-state index < -0.39 is 17.6 Å². The molecule has 4 aromatic rings. The van der Waals surface area contributed by atoms with Gasteiger partial charge in [0.15, 0.2) is 11.5 Å². The van der Waals surface area contributed by atoms with Crippen LogP contribution in [0.15, 0.2) is 60.1 Å². The third kappa shape index (κ3) is 4.15. The summed E-state index contributed by atoms with van der Waals surface area (Å²) in [5.74, 6) is -0.398. The molecule has 0 saturated carbocycles. The maximum atomic E-state index is 13.7. The lowest BCUT2D eigenvalue weighted by molar-refractivity contribution is -0.140. The van der Waals surface area contributed by atoms with E-state index >= 15 is 0 Å². The number of hydrazone groups is 1. The maximum absolute atomic E-state index is 13.7. The van der Waals surface area contributed by atoms with Gasteiger partial charge in [0.2, 0.25) is 0 Å². The first-order valence-electron chi connectivity index (χ1n) is 8.86. The molecule has 0 radical (unpaired) electrons. The van der Waals surface area contributed by atoms with Crippen molar-refractivity contribution in [2.45, 2.75) is 6.18 Å². The fourth-order valence-electron chi connectivity index (χ4n) is 2.87. The Morgan fingerprint density at radius 1 is 1.13 bits per heavy atom. The van der Waals surface area contributed by atoms with Gasteiger partial charge < -0.3 is 4.74 Å². The molecule has 158 valence electrons. The lowest BCUT2D eigenvalue weighted by atomic mass is 10.1. The number of alkyl halides is 3. The molecular formula is C20H14F4N6O. The molecule has 0 aliphatic heterocycles. The van der Waals surface area contributed by atoms with Gasteiger partial charge in [0.05, 0.1) is 36.2 Å². The normalized spacial score (nSPS) is 11.9. The highest BCUT2D eigenvalue weighted by Gasteiger charge is 2.33. The quantitative estimate of drug-likeness (QED) is 0.288. The van der Waals surface area contributed by atoms with Crippen molar-refractivity contribution in [2.75, 3.05) is 12.5 Å². The van der Waals surface area contributed by atoms with Crippen LogP contribution in [0, 0.1) is 5.82 Å². The second kappa shape index (κ2) is 8.01. The third-order valence-electron chi connectivity index (χ3n) is 4.35. The van der Waals surface area contributed by atoms with Crippen LogP contribution in [0.5, 0.6) is 5.75 Å². The molecule has 0 unspecified atom stereocenters. The topological polar surface area (TPSA) is 77.2 Å². The molecule has 2 aromatic carbocycles. The van der Waals surface area contributed by atoms with Gasteiger partial charge in [-0.1, -0.05) is 12.1 Å². The number of nitrogens with zero attached hydrogens (tertiary/aromatic N) is 5. The molecule has 0 aliphatic rings. The summed E-state index contributed by atoms with van der Waals surface area (Å²) in [6, 6.07) is 9.78. The second-order valence-corrected chi connectivity index (χ2v) is 6.32. The summed E-state index contributed by atoms with van der Waals surface area (Å²) in [6.45, 7) is 0. The smallest absolute Gasteiger partial charge is 0.419 e. The molecule has 2 heterocycles. The predicted molar refractivity (Wildman–Crippen MR) is 106 cm³/mol. The van der Waals surface area contributed by atoms with E-state index in [0.29, 0.717) is 28.7 Å². The molecule has 1 N–H and O–H groups in total.